The molecule has 5 heteroatoms. The molecule has 0 spiro atoms. The normalized spacial score (nSPS) is 24.2. The Kier molecular flexibility index (Phi) is 3.44. The van der Waals surface area contributed by atoms with E-state index in [2.05, 4.69) is 26.4 Å². The number of aliphatic imine (C=N–C) groups is 1. The number of nitrogens with two attached hydrogens (primary N) is 1. The van der Waals surface area contributed by atoms with Crippen molar-refractivity contribution in [3.63, 3.8) is 0 Å². The molecule has 5 nitrogen and oxygen atoms in total. The third-order valence-electron chi connectivity index (χ3n) is 4.30. The first-order valence-corrected chi connectivity index (χ1v) is 7.39. The predicted molar refractivity (Wildman–Crippen MR) is 75.8 cm³/mol. The number of hydrogen-bond donors (Lipinski definition) is 1. The van der Waals surface area contributed by atoms with Crippen LogP contribution in [0, 0.1) is 0 Å². The first-order valence-electron chi connectivity index (χ1n) is 7.39. The molecule has 1 aliphatic heterocycles. The van der Waals surface area contributed by atoms with Crippen LogP contribution in [0.1, 0.15) is 50.8 Å². The Morgan fingerprint density at radius 1 is 1.37 bits per heavy atom. The van der Waals surface area contributed by atoms with Crippen molar-refractivity contribution in [2.45, 2.75) is 57.7 Å². The monoisotopic (exact) mass is 261 g/mol. The molecular formula is C14H23N5. The number of aromatic nitrogens is 2. The Hall–Kier alpha value is -1.52. The molecule has 0 aromatic carbocycles. The van der Waals surface area contributed by atoms with Crippen molar-refractivity contribution < 1.29 is 0 Å². The minimum atomic E-state index is 0.289. The van der Waals surface area contributed by atoms with Gasteiger partial charge in [-0.2, -0.15) is 0 Å². The second-order valence-electron chi connectivity index (χ2n) is 5.57. The number of guanidine groups is 1. The van der Waals surface area contributed by atoms with Gasteiger partial charge in [-0.1, -0.05) is 19.8 Å². The summed E-state index contributed by atoms with van der Waals surface area (Å²) in [6, 6.07) is 0.860. The van der Waals surface area contributed by atoms with Crippen LogP contribution in [0.3, 0.4) is 0 Å². The van der Waals surface area contributed by atoms with E-state index in [0.717, 1.165) is 25.5 Å². The number of hydrogen-bond acceptors (Lipinski definition) is 4. The van der Waals surface area contributed by atoms with E-state index >= 15 is 0 Å². The smallest absolute Gasteiger partial charge is 0.192 e. The summed E-state index contributed by atoms with van der Waals surface area (Å²) in [5.41, 5.74) is 7.39. The van der Waals surface area contributed by atoms with E-state index in [1.54, 1.807) is 0 Å². The maximum atomic E-state index is 6.13. The molecule has 2 heterocycles. The SMILES string of the molecule is CCCn1cncc1C1CN=C(N)N1C1CCCC1. The van der Waals surface area contributed by atoms with Gasteiger partial charge in [-0.3, -0.25) is 4.99 Å². The third-order valence-corrected chi connectivity index (χ3v) is 4.30. The molecule has 1 unspecified atom stereocenters. The predicted octanol–water partition coefficient (Wildman–Crippen LogP) is 1.91. The lowest BCUT2D eigenvalue weighted by Crippen LogP contribution is -2.43. The Labute approximate surface area is 114 Å². The lowest BCUT2D eigenvalue weighted by atomic mass is 10.1. The van der Waals surface area contributed by atoms with Crippen LogP contribution in [-0.4, -0.2) is 33.0 Å². The largest absolute Gasteiger partial charge is 0.370 e. The van der Waals surface area contributed by atoms with Gasteiger partial charge in [-0.25, -0.2) is 4.98 Å². The number of rotatable bonds is 4. The molecule has 2 N–H and O–H groups in total. The maximum absolute atomic E-state index is 6.13. The molecule has 0 amide bonds. The molecule has 104 valence electrons. The summed E-state index contributed by atoms with van der Waals surface area (Å²) >= 11 is 0. The summed E-state index contributed by atoms with van der Waals surface area (Å²) in [6.07, 6.45) is 10.2. The molecule has 0 radical (unpaired) electrons. The van der Waals surface area contributed by atoms with Crippen molar-refractivity contribution in [2.75, 3.05) is 6.54 Å². The summed E-state index contributed by atoms with van der Waals surface area (Å²) in [6.45, 7) is 3.99. The minimum Gasteiger partial charge on any atom is -0.370 e. The second-order valence-corrected chi connectivity index (χ2v) is 5.57. The minimum absolute atomic E-state index is 0.289. The Bertz CT molecular complexity index is 458. The fourth-order valence-electron chi connectivity index (χ4n) is 3.41. The van der Waals surface area contributed by atoms with Crippen LogP contribution in [0.2, 0.25) is 0 Å². The van der Waals surface area contributed by atoms with Crippen molar-refractivity contribution >= 4 is 5.96 Å². The van der Waals surface area contributed by atoms with Gasteiger partial charge in [-0.15, -0.1) is 0 Å². The van der Waals surface area contributed by atoms with Gasteiger partial charge in [0.2, 0.25) is 0 Å². The first-order chi connectivity index (χ1) is 9.31. The highest BCUT2D eigenvalue weighted by Crippen LogP contribution is 2.33. The Morgan fingerprint density at radius 2 is 2.16 bits per heavy atom. The zero-order valence-electron chi connectivity index (χ0n) is 11.6. The van der Waals surface area contributed by atoms with Crippen molar-refractivity contribution in [1.82, 2.24) is 14.5 Å². The van der Waals surface area contributed by atoms with Crippen LogP contribution in [0.4, 0.5) is 0 Å². The summed E-state index contributed by atoms with van der Waals surface area (Å²) < 4.78 is 2.25. The highest BCUT2D eigenvalue weighted by molar-refractivity contribution is 5.80. The molecule has 19 heavy (non-hydrogen) atoms. The molecule has 1 atom stereocenters. The summed E-state index contributed by atoms with van der Waals surface area (Å²) in [4.78, 5) is 11.1. The Balaban J connectivity index is 1.84. The molecule has 0 bridgehead atoms. The van der Waals surface area contributed by atoms with Gasteiger partial charge in [-0.05, 0) is 19.3 Å². The van der Waals surface area contributed by atoms with Crippen molar-refractivity contribution in [3.8, 4) is 0 Å². The van der Waals surface area contributed by atoms with Crippen molar-refractivity contribution in [1.29, 1.82) is 0 Å². The van der Waals surface area contributed by atoms with Crippen LogP contribution in [0.5, 0.6) is 0 Å². The van der Waals surface area contributed by atoms with Crippen molar-refractivity contribution in [3.05, 3.63) is 18.2 Å². The van der Waals surface area contributed by atoms with E-state index < -0.39 is 0 Å². The number of aryl methyl sites for hydroxylation is 1. The van der Waals surface area contributed by atoms with Crippen LogP contribution in [-0.2, 0) is 6.54 Å². The third kappa shape index (κ3) is 2.22. The van der Waals surface area contributed by atoms with Crippen LogP contribution < -0.4 is 5.73 Å². The van der Waals surface area contributed by atoms with E-state index in [-0.39, 0.29) is 6.04 Å². The molecular weight excluding hydrogens is 238 g/mol. The van der Waals surface area contributed by atoms with Gasteiger partial charge in [0.1, 0.15) is 0 Å². The van der Waals surface area contributed by atoms with Gasteiger partial charge in [0.15, 0.2) is 5.96 Å². The summed E-state index contributed by atoms with van der Waals surface area (Å²) in [7, 11) is 0. The zero-order valence-corrected chi connectivity index (χ0v) is 11.6. The lowest BCUT2D eigenvalue weighted by molar-refractivity contribution is 0.253. The lowest BCUT2D eigenvalue weighted by Gasteiger charge is -2.32. The number of nitrogens with zero attached hydrogens (tertiary/aromatic N) is 4. The van der Waals surface area contributed by atoms with Gasteiger partial charge < -0.3 is 15.2 Å². The average molecular weight is 261 g/mol. The van der Waals surface area contributed by atoms with Gasteiger partial charge in [0, 0.05) is 12.6 Å². The van der Waals surface area contributed by atoms with E-state index in [0.29, 0.717) is 6.04 Å². The highest BCUT2D eigenvalue weighted by atomic mass is 15.4. The molecule has 1 aliphatic carbocycles. The van der Waals surface area contributed by atoms with E-state index in [1.807, 2.05) is 12.5 Å². The van der Waals surface area contributed by atoms with Crippen LogP contribution in [0.15, 0.2) is 17.5 Å². The van der Waals surface area contributed by atoms with Crippen molar-refractivity contribution in [2.24, 2.45) is 10.7 Å². The zero-order chi connectivity index (χ0) is 13.2. The molecule has 3 rings (SSSR count). The van der Waals surface area contributed by atoms with E-state index in [9.17, 15) is 0 Å². The maximum Gasteiger partial charge on any atom is 0.192 e. The second kappa shape index (κ2) is 5.23. The van der Waals surface area contributed by atoms with Gasteiger partial charge in [0.25, 0.3) is 0 Å². The molecule has 1 fully saturated rings. The van der Waals surface area contributed by atoms with Gasteiger partial charge >= 0.3 is 0 Å². The number of imidazole rings is 1. The summed E-state index contributed by atoms with van der Waals surface area (Å²) in [5.74, 6) is 0.723. The molecule has 1 aromatic rings. The molecule has 1 aromatic heterocycles. The van der Waals surface area contributed by atoms with E-state index in [4.69, 9.17) is 5.73 Å². The molecule has 0 saturated heterocycles. The van der Waals surface area contributed by atoms with Crippen LogP contribution in [0.25, 0.3) is 0 Å². The average Bonchev–Trinajstić information content (AvgIpc) is 3.08. The standard InChI is InChI=1S/C14H23N5/c1-2-7-18-10-16-8-12(18)13-9-17-14(15)19(13)11-5-3-4-6-11/h8,10-11,13H,2-7,9H2,1H3,(H2,15,17). The quantitative estimate of drug-likeness (QED) is 0.900. The van der Waals surface area contributed by atoms with Crippen LogP contribution >= 0.6 is 0 Å². The topological polar surface area (TPSA) is 59.4 Å². The summed E-state index contributed by atoms with van der Waals surface area (Å²) in [5, 5.41) is 0. The first kappa shape index (κ1) is 12.5. The Morgan fingerprint density at radius 3 is 2.89 bits per heavy atom. The fraction of sp³-hybridized carbons (Fsp3) is 0.714. The van der Waals surface area contributed by atoms with Gasteiger partial charge in [0.05, 0.1) is 30.8 Å². The van der Waals surface area contributed by atoms with E-state index in [1.165, 1.54) is 31.4 Å². The molecule has 2 aliphatic rings. The highest BCUT2D eigenvalue weighted by Gasteiger charge is 2.36. The molecule has 1 saturated carbocycles. The fourth-order valence-corrected chi connectivity index (χ4v) is 3.41.